The van der Waals surface area contributed by atoms with Crippen LogP contribution in [0, 0.1) is 5.41 Å². The van der Waals surface area contributed by atoms with Gasteiger partial charge in [-0.05, 0) is 70.7 Å². The average molecular weight is 320 g/mol. The molecular formula is C15H33N3O2S. The Kier molecular flexibility index (Phi) is 8.16. The summed E-state index contributed by atoms with van der Waals surface area (Å²) in [6, 6.07) is 0. The molecule has 21 heavy (non-hydrogen) atoms. The zero-order chi connectivity index (χ0) is 15.8. The second-order valence-electron chi connectivity index (χ2n) is 6.71. The Morgan fingerprint density at radius 2 is 1.81 bits per heavy atom. The van der Waals surface area contributed by atoms with Gasteiger partial charge in [-0.1, -0.05) is 13.8 Å². The molecule has 1 aliphatic rings. The molecule has 0 aromatic carbocycles. The number of nitrogens with one attached hydrogen (secondary N) is 2. The van der Waals surface area contributed by atoms with Gasteiger partial charge in [-0.15, -0.1) is 0 Å². The zero-order valence-electron chi connectivity index (χ0n) is 14.0. The van der Waals surface area contributed by atoms with Gasteiger partial charge in [0.25, 0.3) is 0 Å². The monoisotopic (exact) mass is 319 g/mol. The summed E-state index contributed by atoms with van der Waals surface area (Å²) in [6.07, 6.45) is 4.89. The molecule has 2 N–H and O–H groups in total. The topological polar surface area (TPSA) is 61.4 Å². The maximum atomic E-state index is 12.0. The molecule has 0 saturated carbocycles. The van der Waals surface area contributed by atoms with Gasteiger partial charge in [-0.2, -0.15) is 0 Å². The molecule has 0 aromatic rings. The molecule has 0 amide bonds. The molecule has 0 aromatic heterocycles. The Morgan fingerprint density at radius 3 is 2.43 bits per heavy atom. The third-order valence-electron chi connectivity index (χ3n) is 4.36. The van der Waals surface area contributed by atoms with Crippen LogP contribution in [0.25, 0.3) is 0 Å². The number of nitrogens with zero attached hydrogens (tertiary/aromatic N) is 1. The Bertz CT molecular complexity index is 376. The normalized spacial score (nSPS) is 19.8. The molecule has 0 aliphatic carbocycles. The smallest absolute Gasteiger partial charge is 0.211 e. The molecule has 0 radical (unpaired) electrons. The predicted octanol–water partition coefficient (Wildman–Crippen LogP) is 1.42. The number of sulfonamides is 1. The van der Waals surface area contributed by atoms with Crippen molar-refractivity contribution in [2.24, 2.45) is 5.41 Å². The van der Waals surface area contributed by atoms with Crippen molar-refractivity contribution in [3.05, 3.63) is 0 Å². The van der Waals surface area contributed by atoms with Crippen LogP contribution in [0.5, 0.6) is 0 Å². The fourth-order valence-electron chi connectivity index (χ4n) is 2.54. The van der Waals surface area contributed by atoms with Gasteiger partial charge >= 0.3 is 0 Å². The number of rotatable bonds is 10. The van der Waals surface area contributed by atoms with E-state index in [1.165, 1.54) is 0 Å². The molecule has 6 heteroatoms. The van der Waals surface area contributed by atoms with Crippen LogP contribution in [-0.4, -0.2) is 58.8 Å². The minimum Gasteiger partial charge on any atom is -0.317 e. The summed E-state index contributed by atoms with van der Waals surface area (Å²) in [5.41, 5.74) is 0.113. The Hall–Kier alpha value is -0.170. The van der Waals surface area contributed by atoms with Crippen LogP contribution in [0.2, 0.25) is 0 Å². The van der Waals surface area contributed by atoms with E-state index in [0.717, 1.165) is 58.3 Å². The van der Waals surface area contributed by atoms with Crippen LogP contribution >= 0.6 is 0 Å². The molecule has 1 heterocycles. The van der Waals surface area contributed by atoms with Gasteiger partial charge in [0.2, 0.25) is 10.0 Å². The van der Waals surface area contributed by atoms with Crippen molar-refractivity contribution >= 4 is 10.0 Å². The highest BCUT2D eigenvalue weighted by Gasteiger charge is 2.29. The van der Waals surface area contributed by atoms with Crippen molar-refractivity contribution in [1.29, 1.82) is 0 Å². The van der Waals surface area contributed by atoms with E-state index in [0.29, 0.717) is 6.54 Å². The first-order valence-electron chi connectivity index (χ1n) is 8.23. The van der Waals surface area contributed by atoms with Gasteiger partial charge in [0.1, 0.15) is 0 Å². The molecular weight excluding hydrogens is 286 g/mol. The van der Waals surface area contributed by atoms with Crippen LogP contribution < -0.4 is 10.0 Å². The lowest BCUT2D eigenvalue weighted by Crippen LogP contribution is -2.43. The van der Waals surface area contributed by atoms with Crippen LogP contribution in [0.15, 0.2) is 0 Å². The van der Waals surface area contributed by atoms with E-state index in [4.69, 9.17) is 0 Å². The van der Waals surface area contributed by atoms with E-state index < -0.39 is 10.0 Å². The van der Waals surface area contributed by atoms with E-state index in [1.807, 2.05) is 0 Å². The maximum Gasteiger partial charge on any atom is 0.211 e. The van der Waals surface area contributed by atoms with Crippen LogP contribution in [0.4, 0.5) is 0 Å². The zero-order valence-corrected chi connectivity index (χ0v) is 14.8. The van der Waals surface area contributed by atoms with Crippen molar-refractivity contribution in [3.8, 4) is 0 Å². The first kappa shape index (κ1) is 18.9. The lowest BCUT2D eigenvalue weighted by molar-refractivity contribution is 0.143. The summed E-state index contributed by atoms with van der Waals surface area (Å²) in [4.78, 5) is 2.31. The first-order chi connectivity index (χ1) is 9.87. The highest BCUT2D eigenvalue weighted by Crippen LogP contribution is 2.29. The second-order valence-corrected chi connectivity index (χ2v) is 8.64. The van der Waals surface area contributed by atoms with Crippen molar-refractivity contribution in [2.75, 3.05) is 45.5 Å². The highest BCUT2D eigenvalue weighted by molar-refractivity contribution is 7.89. The summed E-state index contributed by atoms with van der Waals surface area (Å²) >= 11 is 0. The summed E-state index contributed by atoms with van der Waals surface area (Å²) in [7, 11) is -0.995. The van der Waals surface area contributed by atoms with Crippen molar-refractivity contribution in [1.82, 2.24) is 14.9 Å². The van der Waals surface area contributed by atoms with Crippen molar-refractivity contribution in [2.45, 2.75) is 46.0 Å². The van der Waals surface area contributed by atoms with Gasteiger partial charge in [0, 0.05) is 6.54 Å². The summed E-state index contributed by atoms with van der Waals surface area (Å²) < 4.78 is 26.9. The number of unbranched alkanes of at least 4 members (excludes halogenated alkanes) is 1. The van der Waals surface area contributed by atoms with Gasteiger partial charge in [-0.3, -0.25) is 0 Å². The minimum absolute atomic E-state index is 0.113. The second kappa shape index (κ2) is 9.08. The standard InChI is InChI=1S/C15H33N3O2S/c1-4-9-16-10-5-6-13-21(19,20)17-14-15(2)7-11-18(3)12-8-15/h16-17H,4-14H2,1-3H3. The SMILES string of the molecule is CCCNCCCCS(=O)(=O)NCC1(C)CCN(C)CC1. The predicted molar refractivity (Wildman–Crippen MR) is 89.0 cm³/mol. The number of hydrogen-bond donors (Lipinski definition) is 2. The van der Waals surface area contributed by atoms with Crippen LogP contribution in [0.1, 0.15) is 46.0 Å². The minimum atomic E-state index is -3.12. The third kappa shape index (κ3) is 8.14. The van der Waals surface area contributed by atoms with Crippen molar-refractivity contribution in [3.63, 3.8) is 0 Å². The lowest BCUT2D eigenvalue weighted by Gasteiger charge is -2.37. The van der Waals surface area contributed by atoms with Gasteiger partial charge in [0.05, 0.1) is 5.75 Å². The summed E-state index contributed by atoms with van der Waals surface area (Å²) in [5.74, 6) is 0.247. The summed E-state index contributed by atoms with van der Waals surface area (Å²) in [6.45, 7) is 8.94. The molecule has 0 unspecified atom stereocenters. The van der Waals surface area contributed by atoms with E-state index in [1.54, 1.807) is 0 Å². The van der Waals surface area contributed by atoms with E-state index >= 15 is 0 Å². The highest BCUT2D eigenvalue weighted by atomic mass is 32.2. The molecule has 1 saturated heterocycles. The molecule has 5 nitrogen and oxygen atoms in total. The van der Waals surface area contributed by atoms with Crippen LogP contribution in [-0.2, 0) is 10.0 Å². The fraction of sp³-hybridized carbons (Fsp3) is 1.00. The Morgan fingerprint density at radius 1 is 1.14 bits per heavy atom. The molecule has 0 spiro atoms. The third-order valence-corrected chi connectivity index (χ3v) is 5.77. The van der Waals surface area contributed by atoms with Crippen molar-refractivity contribution < 1.29 is 8.42 Å². The number of hydrogen-bond acceptors (Lipinski definition) is 4. The fourth-order valence-corrected chi connectivity index (χ4v) is 3.83. The molecule has 1 rings (SSSR count). The molecule has 1 aliphatic heterocycles. The van der Waals surface area contributed by atoms with Gasteiger partial charge in [0.15, 0.2) is 0 Å². The number of likely N-dealkylation sites (tertiary alicyclic amines) is 1. The lowest BCUT2D eigenvalue weighted by atomic mass is 9.81. The molecule has 0 atom stereocenters. The maximum absolute atomic E-state index is 12.0. The van der Waals surface area contributed by atoms with Crippen LogP contribution in [0.3, 0.4) is 0 Å². The first-order valence-corrected chi connectivity index (χ1v) is 9.89. The van der Waals surface area contributed by atoms with Gasteiger partial charge in [-0.25, -0.2) is 13.1 Å². The largest absolute Gasteiger partial charge is 0.317 e. The average Bonchev–Trinajstić information content (AvgIpc) is 2.45. The van der Waals surface area contributed by atoms with E-state index in [2.05, 4.69) is 35.8 Å². The Balaban J connectivity index is 2.20. The number of piperidine rings is 1. The molecule has 1 fully saturated rings. The molecule has 126 valence electrons. The molecule has 0 bridgehead atoms. The Labute approximate surface area is 130 Å². The quantitative estimate of drug-likeness (QED) is 0.598. The van der Waals surface area contributed by atoms with Gasteiger partial charge < -0.3 is 10.2 Å². The van der Waals surface area contributed by atoms with E-state index in [-0.39, 0.29) is 11.2 Å². The summed E-state index contributed by atoms with van der Waals surface area (Å²) in [5, 5.41) is 3.30. The van der Waals surface area contributed by atoms with E-state index in [9.17, 15) is 8.42 Å².